The number of hydrogen-bond donors (Lipinski definition) is 1. The highest BCUT2D eigenvalue weighted by atomic mass is 79.9. The lowest BCUT2D eigenvalue weighted by Gasteiger charge is -2.36. The van der Waals surface area contributed by atoms with Gasteiger partial charge in [0.05, 0.1) is 0 Å². The Bertz CT molecular complexity index is 350. The lowest BCUT2D eigenvalue weighted by Crippen LogP contribution is -2.47. The van der Waals surface area contributed by atoms with Gasteiger partial charge in [-0.15, -0.1) is 0 Å². The molecule has 0 bridgehead atoms. The Labute approximate surface area is 99.8 Å². The van der Waals surface area contributed by atoms with E-state index >= 15 is 0 Å². The average Bonchev–Trinajstić information content (AvgIpc) is 2.17. The molecule has 0 radical (unpaired) electrons. The van der Waals surface area contributed by atoms with Gasteiger partial charge in [-0.3, -0.25) is 0 Å². The van der Waals surface area contributed by atoms with E-state index in [1.165, 1.54) is 0 Å². The molecule has 0 unspecified atom stereocenters. The number of rotatable bonds is 3. The lowest BCUT2D eigenvalue weighted by molar-refractivity contribution is 0.494. The van der Waals surface area contributed by atoms with E-state index in [0.717, 1.165) is 15.9 Å². The van der Waals surface area contributed by atoms with Gasteiger partial charge < -0.3 is 10.6 Å². The molecule has 0 aliphatic carbocycles. The zero-order valence-corrected chi connectivity index (χ0v) is 11.3. The molecular weight excluding hydrogens is 254 g/mol. The van der Waals surface area contributed by atoms with Gasteiger partial charge in [0.2, 0.25) is 0 Å². The third kappa shape index (κ3) is 2.69. The van der Waals surface area contributed by atoms with Crippen LogP contribution in [0.15, 0.2) is 16.7 Å². The van der Waals surface area contributed by atoms with Crippen LogP contribution < -0.4 is 10.6 Å². The van der Waals surface area contributed by atoms with Crippen molar-refractivity contribution in [3.8, 4) is 0 Å². The summed E-state index contributed by atoms with van der Waals surface area (Å²) in [6, 6.07) is 2.06. The fourth-order valence-electron chi connectivity index (χ4n) is 1.31. The summed E-state index contributed by atoms with van der Waals surface area (Å²) in [5, 5.41) is 0. The molecule has 3 nitrogen and oxygen atoms in total. The summed E-state index contributed by atoms with van der Waals surface area (Å²) >= 11 is 3.41. The molecule has 0 aliphatic heterocycles. The van der Waals surface area contributed by atoms with Gasteiger partial charge in [0.15, 0.2) is 0 Å². The monoisotopic (exact) mass is 271 g/mol. The molecule has 4 heteroatoms. The molecule has 1 heterocycles. The molecule has 15 heavy (non-hydrogen) atoms. The molecule has 84 valence electrons. The largest absolute Gasteiger partial charge is 0.353 e. The number of nitrogens with two attached hydrogens (primary N) is 1. The predicted octanol–water partition coefficient (Wildman–Crippen LogP) is 2.33. The topological polar surface area (TPSA) is 42.2 Å². The molecule has 0 atom stereocenters. The van der Waals surface area contributed by atoms with Gasteiger partial charge >= 0.3 is 0 Å². The normalized spacial score (nSPS) is 11.6. The number of likely N-dealkylation sites (N-methyl/N-ethyl adjacent to an activating group) is 1. The first-order valence-corrected chi connectivity index (χ1v) is 5.74. The van der Waals surface area contributed by atoms with Crippen LogP contribution in [-0.2, 0) is 0 Å². The van der Waals surface area contributed by atoms with E-state index in [2.05, 4.69) is 52.7 Å². The van der Waals surface area contributed by atoms with Gasteiger partial charge in [0, 0.05) is 29.8 Å². The summed E-state index contributed by atoms with van der Waals surface area (Å²) in [5.74, 6) is 0.980. The van der Waals surface area contributed by atoms with E-state index in [9.17, 15) is 0 Å². The molecule has 1 aromatic heterocycles. The van der Waals surface area contributed by atoms with Crippen molar-refractivity contribution in [3.63, 3.8) is 0 Å². The van der Waals surface area contributed by atoms with Crippen molar-refractivity contribution in [2.45, 2.75) is 26.3 Å². The van der Waals surface area contributed by atoms with Gasteiger partial charge in [-0.25, -0.2) is 4.98 Å². The SMILES string of the molecule is Cc1cc(Br)cnc1N(C)C(C)(C)CN. The summed E-state index contributed by atoms with van der Waals surface area (Å²) in [6.45, 7) is 6.86. The molecule has 0 aromatic carbocycles. The minimum atomic E-state index is -0.0778. The highest BCUT2D eigenvalue weighted by molar-refractivity contribution is 9.10. The predicted molar refractivity (Wildman–Crippen MR) is 68.2 cm³/mol. The minimum Gasteiger partial charge on any atom is -0.353 e. The second-order valence-corrected chi connectivity index (χ2v) is 5.29. The Balaban J connectivity index is 3.06. The molecular formula is C11H18BrN3. The van der Waals surface area contributed by atoms with Crippen LogP contribution in [0.2, 0.25) is 0 Å². The van der Waals surface area contributed by atoms with Crippen molar-refractivity contribution in [1.29, 1.82) is 0 Å². The molecule has 0 fully saturated rings. The Morgan fingerprint density at radius 1 is 1.53 bits per heavy atom. The molecule has 2 N–H and O–H groups in total. The standard InChI is InChI=1S/C11H18BrN3/c1-8-5-9(12)6-14-10(8)15(4)11(2,3)7-13/h5-6H,7,13H2,1-4H3. The maximum Gasteiger partial charge on any atom is 0.131 e. The van der Waals surface area contributed by atoms with Gasteiger partial charge in [-0.05, 0) is 48.3 Å². The van der Waals surface area contributed by atoms with Crippen LogP contribution in [0.3, 0.4) is 0 Å². The summed E-state index contributed by atoms with van der Waals surface area (Å²) < 4.78 is 1.00. The van der Waals surface area contributed by atoms with Crippen LogP contribution >= 0.6 is 15.9 Å². The molecule has 0 saturated heterocycles. The third-order valence-corrected chi connectivity index (χ3v) is 3.18. The van der Waals surface area contributed by atoms with Gasteiger partial charge in [0.25, 0.3) is 0 Å². The summed E-state index contributed by atoms with van der Waals surface area (Å²) in [7, 11) is 2.02. The Morgan fingerprint density at radius 2 is 2.13 bits per heavy atom. The summed E-state index contributed by atoms with van der Waals surface area (Å²) in [4.78, 5) is 6.54. The zero-order chi connectivity index (χ0) is 11.6. The first-order chi connectivity index (χ1) is 6.88. The number of pyridine rings is 1. The first kappa shape index (κ1) is 12.5. The number of anilines is 1. The molecule has 0 amide bonds. The van der Waals surface area contributed by atoms with E-state index in [1.54, 1.807) is 0 Å². The second kappa shape index (κ2) is 4.49. The molecule has 1 aromatic rings. The van der Waals surface area contributed by atoms with Crippen LogP contribution in [-0.4, -0.2) is 24.1 Å². The summed E-state index contributed by atoms with van der Waals surface area (Å²) in [5.41, 5.74) is 6.81. The number of hydrogen-bond acceptors (Lipinski definition) is 3. The first-order valence-electron chi connectivity index (χ1n) is 4.94. The van der Waals surface area contributed by atoms with E-state index in [1.807, 2.05) is 13.2 Å². The fraction of sp³-hybridized carbons (Fsp3) is 0.545. The highest BCUT2D eigenvalue weighted by Crippen LogP contribution is 2.24. The van der Waals surface area contributed by atoms with E-state index in [0.29, 0.717) is 6.54 Å². The van der Waals surface area contributed by atoms with E-state index in [4.69, 9.17) is 5.73 Å². The van der Waals surface area contributed by atoms with Gasteiger partial charge in [-0.1, -0.05) is 0 Å². The molecule has 0 spiro atoms. The Kier molecular flexibility index (Phi) is 3.73. The van der Waals surface area contributed by atoms with Crippen LogP contribution in [0.25, 0.3) is 0 Å². The van der Waals surface area contributed by atoms with Crippen molar-refractivity contribution in [2.75, 3.05) is 18.5 Å². The van der Waals surface area contributed by atoms with Crippen molar-refractivity contribution >= 4 is 21.7 Å². The number of nitrogens with zero attached hydrogens (tertiary/aromatic N) is 2. The number of halogens is 1. The molecule has 1 rings (SSSR count). The van der Waals surface area contributed by atoms with Gasteiger partial charge in [-0.2, -0.15) is 0 Å². The second-order valence-electron chi connectivity index (χ2n) is 4.37. The maximum absolute atomic E-state index is 5.75. The van der Waals surface area contributed by atoms with Crippen molar-refractivity contribution in [3.05, 3.63) is 22.3 Å². The number of aryl methyl sites for hydroxylation is 1. The molecule has 0 saturated carbocycles. The van der Waals surface area contributed by atoms with Crippen molar-refractivity contribution < 1.29 is 0 Å². The van der Waals surface area contributed by atoms with Gasteiger partial charge in [0.1, 0.15) is 5.82 Å². The maximum atomic E-state index is 5.75. The van der Waals surface area contributed by atoms with E-state index < -0.39 is 0 Å². The fourth-order valence-corrected chi connectivity index (χ4v) is 1.75. The zero-order valence-electron chi connectivity index (χ0n) is 9.71. The average molecular weight is 272 g/mol. The van der Waals surface area contributed by atoms with Crippen LogP contribution in [0.4, 0.5) is 5.82 Å². The van der Waals surface area contributed by atoms with E-state index in [-0.39, 0.29) is 5.54 Å². The smallest absolute Gasteiger partial charge is 0.131 e. The number of aromatic nitrogens is 1. The quantitative estimate of drug-likeness (QED) is 0.918. The highest BCUT2D eigenvalue weighted by Gasteiger charge is 2.23. The van der Waals surface area contributed by atoms with Crippen molar-refractivity contribution in [2.24, 2.45) is 5.73 Å². The lowest BCUT2D eigenvalue weighted by atomic mass is 10.0. The Morgan fingerprint density at radius 3 is 2.60 bits per heavy atom. The van der Waals surface area contributed by atoms with Crippen LogP contribution in [0.5, 0.6) is 0 Å². The Hall–Kier alpha value is -0.610. The minimum absolute atomic E-state index is 0.0778. The van der Waals surface area contributed by atoms with Crippen LogP contribution in [0, 0.1) is 6.92 Å². The molecule has 0 aliphatic rings. The van der Waals surface area contributed by atoms with Crippen LogP contribution in [0.1, 0.15) is 19.4 Å². The third-order valence-electron chi connectivity index (χ3n) is 2.74. The summed E-state index contributed by atoms with van der Waals surface area (Å²) in [6.07, 6.45) is 1.81. The van der Waals surface area contributed by atoms with Crippen molar-refractivity contribution in [1.82, 2.24) is 4.98 Å².